The van der Waals surface area contributed by atoms with Gasteiger partial charge in [-0.15, -0.1) is 0 Å². The van der Waals surface area contributed by atoms with Crippen LogP contribution in [-0.2, 0) is 0 Å². The van der Waals surface area contributed by atoms with Crippen molar-refractivity contribution in [3.05, 3.63) is 64.6 Å². The number of benzene rings is 3. The van der Waals surface area contributed by atoms with Crippen molar-refractivity contribution < 1.29 is 14.3 Å². The van der Waals surface area contributed by atoms with Gasteiger partial charge < -0.3 is 14.8 Å². The summed E-state index contributed by atoms with van der Waals surface area (Å²) < 4.78 is 11.4. The molecule has 1 N–H and O–H groups in total. The van der Waals surface area contributed by atoms with E-state index in [0.717, 1.165) is 15.2 Å². The number of methoxy groups -OCH3 is 2. The summed E-state index contributed by atoms with van der Waals surface area (Å²) in [4.78, 5) is 12.7. The summed E-state index contributed by atoms with van der Waals surface area (Å²) >= 11 is 3.52. The second-order valence-corrected chi connectivity index (χ2v) is 6.02. The maximum absolute atomic E-state index is 12.7. The summed E-state index contributed by atoms with van der Waals surface area (Å²) in [5.74, 6) is 1.01. The Labute approximate surface area is 148 Å². The second-order valence-electron chi connectivity index (χ2n) is 5.16. The van der Waals surface area contributed by atoms with Crippen molar-refractivity contribution in [2.45, 2.75) is 0 Å². The molecule has 3 rings (SSSR count). The molecule has 3 aromatic rings. The first kappa shape index (κ1) is 16.3. The third-order valence-electron chi connectivity index (χ3n) is 3.75. The van der Waals surface area contributed by atoms with Crippen LogP contribution in [0.25, 0.3) is 10.8 Å². The van der Waals surface area contributed by atoms with Crippen LogP contribution in [-0.4, -0.2) is 20.1 Å². The van der Waals surface area contributed by atoms with Gasteiger partial charge in [0.05, 0.1) is 14.2 Å². The van der Waals surface area contributed by atoms with Crippen LogP contribution < -0.4 is 14.8 Å². The third-order valence-corrected chi connectivity index (χ3v) is 4.45. The Hall–Kier alpha value is -2.53. The van der Waals surface area contributed by atoms with Gasteiger partial charge in [0.1, 0.15) is 0 Å². The highest BCUT2D eigenvalue weighted by Gasteiger charge is 2.12. The van der Waals surface area contributed by atoms with E-state index in [-0.39, 0.29) is 5.91 Å². The average Bonchev–Trinajstić information content (AvgIpc) is 2.61. The molecule has 0 radical (unpaired) electrons. The van der Waals surface area contributed by atoms with Crippen molar-refractivity contribution in [3.8, 4) is 11.5 Å². The highest BCUT2D eigenvalue weighted by Crippen LogP contribution is 2.31. The Morgan fingerprint density at radius 1 is 0.917 bits per heavy atom. The first-order chi connectivity index (χ1) is 11.6. The maximum atomic E-state index is 12.7. The van der Waals surface area contributed by atoms with E-state index in [2.05, 4.69) is 21.2 Å². The van der Waals surface area contributed by atoms with Gasteiger partial charge in [0, 0.05) is 21.8 Å². The molecule has 0 atom stereocenters. The standard InChI is InChI=1S/C19H16BrNO3/c1-23-17-10-9-12(11-18(17)24-2)21-19(22)15-7-3-6-14-13(15)5-4-8-16(14)20/h3-11H,1-2H3,(H,21,22). The fourth-order valence-corrected chi connectivity index (χ4v) is 3.08. The van der Waals surface area contributed by atoms with E-state index < -0.39 is 0 Å². The van der Waals surface area contributed by atoms with E-state index in [1.54, 1.807) is 32.4 Å². The summed E-state index contributed by atoms with van der Waals surface area (Å²) in [6.07, 6.45) is 0. The minimum Gasteiger partial charge on any atom is -0.493 e. The topological polar surface area (TPSA) is 47.6 Å². The van der Waals surface area contributed by atoms with Gasteiger partial charge in [-0.2, -0.15) is 0 Å². The molecule has 122 valence electrons. The average molecular weight is 386 g/mol. The number of anilines is 1. The number of hydrogen-bond donors (Lipinski definition) is 1. The predicted molar refractivity (Wildman–Crippen MR) is 99.1 cm³/mol. The minimum absolute atomic E-state index is 0.175. The molecular weight excluding hydrogens is 370 g/mol. The van der Waals surface area contributed by atoms with Crippen molar-refractivity contribution in [1.82, 2.24) is 0 Å². The Balaban J connectivity index is 1.95. The molecule has 0 aliphatic carbocycles. The van der Waals surface area contributed by atoms with E-state index in [1.807, 2.05) is 36.4 Å². The van der Waals surface area contributed by atoms with Gasteiger partial charge in [-0.05, 0) is 35.0 Å². The van der Waals surface area contributed by atoms with Crippen molar-refractivity contribution >= 4 is 38.3 Å². The van der Waals surface area contributed by atoms with Crippen LogP contribution in [0.15, 0.2) is 59.1 Å². The largest absolute Gasteiger partial charge is 0.493 e. The van der Waals surface area contributed by atoms with E-state index in [9.17, 15) is 4.79 Å². The van der Waals surface area contributed by atoms with Crippen LogP contribution in [0, 0.1) is 0 Å². The molecule has 4 nitrogen and oxygen atoms in total. The number of carbonyl (C=O) groups excluding carboxylic acids is 1. The molecule has 0 bridgehead atoms. The van der Waals surface area contributed by atoms with E-state index >= 15 is 0 Å². The number of rotatable bonds is 4. The molecule has 1 amide bonds. The molecule has 0 aromatic heterocycles. The molecule has 0 spiro atoms. The fraction of sp³-hybridized carbons (Fsp3) is 0.105. The number of ether oxygens (including phenoxy) is 2. The van der Waals surface area contributed by atoms with Gasteiger partial charge in [-0.25, -0.2) is 0 Å². The van der Waals surface area contributed by atoms with Gasteiger partial charge in [0.25, 0.3) is 5.91 Å². The van der Waals surface area contributed by atoms with Gasteiger partial charge in [-0.3, -0.25) is 4.79 Å². The van der Waals surface area contributed by atoms with Gasteiger partial charge in [0.15, 0.2) is 11.5 Å². The molecule has 0 saturated carbocycles. The monoisotopic (exact) mass is 385 g/mol. The molecule has 0 fully saturated rings. The third kappa shape index (κ3) is 3.08. The summed E-state index contributed by atoms with van der Waals surface area (Å²) in [6.45, 7) is 0. The highest BCUT2D eigenvalue weighted by molar-refractivity contribution is 9.10. The van der Waals surface area contributed by atoms with Crippen LogP contribution >= 0.6 is 15.9 Å². The van der Waals surface area contributed by atoms with E-state index in [0.29, 0.717) is 22.7 Å². The number of nitrogens with one attached hydrogen (secondary N) is 1. The quantitative estimate of drug-likeness (QED) is 0.696. The molecular formula is C19H16BrNO3. The molecule has 0 aliphatic heterocycles. The highest BCUT2D eigenvalue weighted by atomic mass is 79.9. The lowest BCUT2D eigenvalue weighted by Gasteiger charge is -2.12. The number of amides is 1. The van der Waals surface area contributed by atoms with Crippen molar-refractivity contribution in [2.75, 3.05) is 19.5 Å². The van der Waals surface area contributed by atoms with E-state index in [1.165, 1.54) is 0 Å². The minimum atomic E-state index is -0.175. The van der Waals surface area contributed by atoms with Crippen LogP contribution in [0.3, 0.4) is 0 Å². The summed E-state index contributed by atoms with van der Waals surface area (Å²) in [5.41, 5.74) is 1.26. The van der Waals surface area contributed by atoms with Gasteiger partial charge >= 0.3 is 0 Å². The molecule has 0 unspecified atom stereocenters. The first-order valence-electron chi connectivity index (χ1n) is 7.34. The van der Waals surface area contributed by atoms with Crippen molar-refractivity contribution in [2.24, 2.45) is 0 Å². The van der Waals surface area contributed by atoms with Crippen LogP contribution in [0.1, 0.15) is 10.4 Å². The summed E-state index contributed by atoms with van der Waals surface area (Å²) in [6, 6.07) is 16.7. The van der Waals surface area contributed by atoms with Gasteiger partial charge in [0.2, 0.25) is 0 Å². The van der Waals surface area contributed by atoms with Crippen LogP contribution in [0.5, 0.6) is 11.5 Å². The zero-order valence-electron chi connectivity index (χ0n) is 13.3. The molecule has 5 heteroatoms. The predicted octanol–water partition coefficient (Wildman–Crippen LogP) is 4.87. The smallest absolute Gasteiger partial charge is 0.256 e. The number of hydrogen-bond acceptors (Lipinski definition) is 3. The number of fused-ring (bicyclic) bond motifs is 1. The number of halogens is 1. The molecule has 3 aromatic carbocycles. The lowest BCUT2D eigenvalue weighted by atomic mass is 10.0. The zero-order chi connectivity index (χ0) is 17.1. The van der Waals surface area contributed by atoms with Crippen molar-refractivity contribution in [3.63, 3.8) is 0 Å². The van der Waals surface area contributed by atoms with Crippen LogP contribution in [0.4, 0.5) is 5.69 Å². The molecule has 24 heavy (non-hydrogen) atoms. The molecule has 0 aliphatic rings. The van der Waals surface area contributed by atoms with E-state index in [4.69, 9.17) is 9.47 Å². The fourth-order valence-electron chi connectivity index (χ4n) is 2.58. The van der Waals surface area contributed by atoms with Crippen LogP contribution in [0.2, 0.25) is 0 Å². The van der Waals surface area contributed by atoms with Crippen molar-refractivity contribution in [1.29, 1.82) is 0 Å². The van der Waals surface area contributed by atoms with Gasteiger partial charge in [-0.1, -0.05) is 40.2 Å². The maximum Gasteiger partial charge on any atom is 0.256 e. The molecule has 0 saturated heterocycles. The lowest BCUT2D eigenvalue weighted by Crippen LogP contribution is -2.12. The second kappa shape index (κ2) is 6.93. The summed E-state index contributed by atoms with van der Waals surface area (Å²) in [5, 5.41) is 4.80. The Morgan fingerprint density at radius 2 is 1.62 bits per heavy atom. The summed E-state index contributed by atoms with van der Waals surface area (Å²) in [7, 11) is 3.13. The Kier molecular flexibility index (Phi) is 4.71. The normalized spacial score (nSPS) is 10.5. The Morgan fingerprint density at radius 3 is 2.38 bits per heavy atom. The lowest BCUT2D eigenvalue weighted by molar-refractivity contribution is 0.102. The molecule has 0 heterocycles. The Bertz CT molecular complexity index is 908. The number of carbonyl (C=O) groups is 1. The first-order valence-corrected chi connectivity index (χ1v) is 8.14. The zero-order valence-corrected chi connectivity index (χ0v) is 14.9. The SMILES string of the molecule is COc1ccc(NC(=O)c2cccc3c(Br)cccc23)cc1OC.